The van der Waals surface area contributed by atoms with Crippen LogP contribution in [0.15, 0.2) is 34.9 Å². The summed E-state index contributed by atoms with van der Waals surface area (Å²) in [6.45, 7) is 6.89. The summed E-state index contributed by atoms with van der Waals surface area (Å²) < 4.78 is 31.0. The van der Waals surface area contributed by atoms with Crippen LogP contribution < -0.4 is 0 Å². The van der Waals surface area contributed by atoms with Crippen molar-refractivity contribution in [2.45, 2.75) is 10.3 Å². The van der Waals surface area contributed by atoms with E-state index in [-0.39, 0.29) is 21.7 Å². The summed E-state index contributed by atoms with van der Waals surface area (Å²) in [5.41, 5.74) is -1.79. The normalized spacial score (nSPS) is 24.1. The Morgan fingerprint density at radius 1 is 1.59 bits per heavy atom. The van der Waals surface area contributed by atoms with E-state index in [2.05, 4.69) is 9.95 Å². The Morgan fingerprint density at radius 3 is 2.88 bits per heavy atom. The molecule has 5 nitrogen and oxygen atoms in total. The fourth-order valence-corrected chi connectivity index (χ4v) is 3.25. The molecule has 1 aliphatic rings. The first-order valence-electron chi connectivity index (χ1n) is 4.95. The summed E-state index contributed by atoms with van der Waals surface area (Å²) in [5.74, 6) is 0. The molecule has 0 saturated heterocycles. The van der Waals surface area contributed by atoms with Gasteiger partial charge in [-0.25, -0.2) is 18.5 Å². The molecule has 0 saturated carbocycles. The maximum Gasteiger partial charge on any atom is 0.269 e. The predicted octanol–water partition coefficient (Wildman–Crippen LogP) is 0.946. The minimum atomic E-state index is -3.87. The van der Waals surface area contributed by atoms with E-state index in [0.29, 0.717) is 0 Å². The van der Waals surface area contributed by atoms with Crippen molar-refractivity contribution in [3.63, 3.8) is 0 Å². The molecule has 2 rings (SSSR count). The quantitative estimate of drug-likeness (QED) is 0.592. The van der Waals surface area contributed by atoms with Gasteiger partial charge >= 0.3 is 0 Å². The fourth-order valence-electron chi connectivity index (χ4n) is 1.72. The van der Waals surface area contributed by atoms with Gasteiger partial charge in [-0.15, -0.1) is 0 Å². The maximum absolute atomic E-state index is 12.1. The number of aliphatic hydroxyl groups excluding tert-OH is 1. The molecule has 84 valence electrons. The summed E-state index contributed by atoms with van der Waals surface area (Å²) in [6.07, 6.45) is 0. The van der Waals surface area contributed by atoms with Crippen molar-refractivity contribution < 1.29 is 13.5 Å². The van der Waals surface area contributed by atoms with Crippen molar-refractivity contribution >= 4 is 15.4 Å². The van der Waals surface area contributed by atoms with Crippen molar-refractivity contribution in [3.05, 3.63) is 46.9 Å². The maximum atomic E-state index is 12.1. The zero-order chi connectivity index (χ0) is 13.3. The molecule has 0 aromatic heterocycles. The number of benzene rings is 1. The van der Waals surface area contributed by atoms with Gasteiger partial charge in [0.2, 0.25) is 11.3 Å². The minimum Gasteiger partial charge on any atom is -0.374 e. The molecule has 0 aliphatic carbocycles. The molecule has 0 radical (unpaired) electrons. The molecular formula is C11H6N2O3S. The van der Waals surface area contributed by atoms with Crippen LogP contribution in [0.25, 0.3) is 10.4 Å². The van der Waals surface area contributed by atoms with Gasteiger partial charge in [0.1, 0.15) is 0 Å². The number of nitrogens with zero attached hydrogens (tertiary/aromatic N) is 2. The largest absolute Gasteiger partial charge is 0.374 e. The van der Waals surface area contributed by atoms with E-state index in [4.69, 9.17) is 13.3 Å². The van der Waals surface area contributed by atoms with E-state index in [1.54, 1.807) is 12.1 Å². The van der Waals surface area contributed by atoms with E-state index in [1.807, 2.05) is 0 Å². The molecule has 0 spiro atoms. The van der Waals surface area contributed by atoms with Crippen LogP contribution in [-0.2, 0) is 9.84 Å². The molecule has 0 bridgehead atoms. The topological polar surface area (TPSA) is 82.5 Å². The monoisotopic (exact) mass is 248 g/mol. The Labute approximate surface area is 99.5 Å². The Balaban J connectivity index is 2.90. The molecule has 0 unspecified atom stereocenters. The smallest absolute Gasteiger partial charge is 0.269 e. The molecule has 1 N–H and O–H groups in total. The highest BCUT2D eigenvalue weighted by molar-refractivity contribution is 7.92. The molecule has 1 aromatic carbocycles. The minimum absolute atomic E-state index is 0.0198. The van der Waals surface area contributed by atoms with Crippen LogP contribution in [0, 0.1) is 17.9 Å². The van der Waals surface area contributed by atoms with Crippen molar-refractivity contribution in [3.8, 4) is 6.07 Å². The second kappa shape index (κ2) is 3.70. The Hall–Kier alpha value is -2.15. The van der Waals surface area contributed by atoms with E-state index < -0.39 is 15.3 Å². The van der Waals surface area contributed by atoms with Crippen LogP contribution >= 0.6 is 0 Å². The van der Waals surface area contributed by atoms with Crippen LogP contribution in [0.4, 0.5) is 0 Å². The highest BCUT2D eigenvalue weighted by atomic mass is 32.2. The van der Waals surface area contributed by atoms with Crippen LogP contribution in [0.5, 0.6) is 0 Å². The summed E-state index contributed by atoms with van der Waals surface area (Å²) >= 11 is 0. The first-order chi connectivity index (χ1) is 8.57. The Bertz CT molecular complexity index is 709. The van der Waals surface area contributed by atoms with Gasteiger partial charge in [-0.3, -0.25) is 0 Å². The van der Waals surface area contributed by atoms with Gasteiger partial charge in [0.15, 0.2) is 5.44 Å². The van der Waals surface area contributed by atoms with E-state index in [1.165, 1.54) is 18.2 Å². The number of nitriles is 1. The molecule has 0 fully saturated rings. The summed E-state index contributed by atoms with van der Waals surface area (Å²) in [4.78, 5) is 2.97. The number of fused-ring (bicyclic) bond motifs is 1. The second-order valence-electron chi connectivity index (χ2n) is 3.36. The van der Waals surface area contributed by atoms with Gasteiger partial charge in [-0.05, 0) is 11.6 Å². The molecule has 0 amide bonds. The summed E-state index contributed by atoms with van der Waals surface area (Å²) in [6, 6.07) is 7.62. The molecule has 6 heteroatoms. The van der Waals surface area contributed by atoms with Crippen molar-refractivity contribution in [2.75, 3.05) is 0 Å². The number of allylic oxidation sites excluding steroid dienone is 1. The van der Waals surface area contributed by atoms with Crippen LogP contribution in [-0.4, -0.2) is 20.4 Å². The van der Waals surface area contributed by atoms with Gasteiger partial charge < -0.3 is 5.11 Å². The van der Waals surface area contributed by atoms with Crippen LogP contribution in [0.1, 0.15) is 5.56 Å². The highest BCUT2D eigenvalue weighted by Gasteiger charge is 2.41. The second-order valence-corrected chi connectivity index (χ2v) is 5.32. The summed E-state index contributed by atoms with van der Waals surface area (Å²) in [7, 11) is -3.87. The van der Waals surface area contributed by atoms with Gasteiger partial charge in [0.25, 0.3) is 5.70 Å². The first kappa shape index (κ1) is 10.0. The molecule has 1 atom stereocenters. The zero-order valence-electron chi connectivity index (χ0n) is 9.41. The van der Waals surface area contributed by atoms with Gasteiger partial charge in [0.05, 0.1) is 17.5 Å². The van der Waals surface area contributed by atoms with Crippen LogP contribution in [0.2, 0.25) is 0 Å². The summed E-state index contributed by atoms with van der Waals surface area (Å²) in [5, 5.41) is 13.1. The molecule has 1 aromatic rings. The molecule has 1 heterocycles. The predicted molar refractivity (Wildman–Crippen MR) is 58.8 cm³/mol. The number of hydrogen-bond acceptors (Lipinski definition) is 4. The van der Waals surface area contributed by atoms with E-state index >= 15 is 0 Å². The number of aliphatic hydroxyl groups is 1. The number of sulfone groups is 1. The lowest BCUT2D eigenvalue weighted by Gasteiger charge is -2.03. The lowest BCUT2D eigenvalue weighted by atomic mass is 10.1. The lowest BCUT2D eigenvalue weighted by molar-refractivity contribution is 0.305. The van der Waals surface area contributed by atoms with Crippen LogP contribution in [0.3, 0.4) is 0 Å². The zero-order valence-corrected chi connectivity index (χ0v) is 9.23. The van der Waals surface area contributed by atoms with Gasteiger partial charge in [0, 0.05) is 5.57 Å². The Morgan fingerprint density at radius 2 is 2.29 bits per heavy atom. The fraction of sp³-hybridized carbons (Fsp3) is 0.0909. The third-order valence-electron chi connectivity index (χ3n) is 2.47. The van der Waals surface area contributed by atoms with Gasteiger partial charge in [-0.1, -0.05) is 18.2 Å². The molecule has 17 heavy (non-hydrogen) atoms. The SMILES string of the molecule is [3H]O[C@H]1/C(=C(\C#N)[N+]#[C-])c2ccccc2S1(=O)=O. The van der Waals surface area contributed by atoms with E-state index in [9.17, 15) is 8.42 Å². The van der Waals surface area contributed by atoms with Crippen molar-refractivity contribution in [2.24, 2.45) is 0 Å². The first-order valence-corrected chi connectivity index (χ1v) is 6.09. The lowest BCUT2D eigenvalue weighted by Crippen LogP contribution is -2.15. The highest BCUT2D eigenvalue weighted by Crippen LogP contribution is 2.40. The van der Waals surface area contributed by atoms with Crippen molar-refractivity contribution in [1.82, 2.24) is 0 Å². The molecule has 1 aliphatic heterocycles. The third-order valence-corrected chi connectivity index (χ3v) is 4.24. The van der Waals surface area contributed by atoms with Gasteiger partial charge in [-0.2, -0.15) is 0 Å². The van der Waals surface area contributed by atoms with Crippen molar-refractivity contribution in [1.29, 1.82) is 6.69 Å². The molecular weight excluding hydrogens is 240 g/mol. The third kappa shape index (κ3) is 1.43. The number of hydrogen-bond donors (Lipinski definition) is 1. The van der Waals surface area contributed by atoms with E-state index in [0.717, 1.165) is 0 Å². The standard InChI is InChI=1S/C11H6N2O3S/c1-13-8(6-12)10-7-4-2-3-5-9(7)17(15,16)11(10)14/h2-5,11,14H/b10-8+/t11-/m1/s1/i14T. The Kier molecular flexibility index (Phi) is 2.19. The average Bonchev–Trinajstić information content (AvgIpc) is 2.60. The number of rotatable bonds is 1. The average molecular weight is 248 g/mol.